The first-order valence-corrected chi connectivity index (χ1v) is 7.37. The molecule has 2 rings (SSSR count). The molecule has 0 radical (unpaired) electrons. The van der Waals surface area contributed by atoms with E-state index in [-0.39, 0.29) is 5.91 Å². The molecule has 2 atom stereocenters. The summed E-state index contributed by atoms with van der Waals surface area (Å²) in [5.41, 5.74) is 7.61. The van der Waals surface area contributed by atoms with E-state index in [2.05, 4.69) is 41.4 Å². The zero-order chi connectivity index (χ0) is 14.8. The van der Waals surface area contributed by atoms with Crippen LogP contribution in [-0.4, -0.2) is 30.6 Å². The van der Waals surface area contributed by atoms with Gasteiger partial charge in [-0.05, 0) is 44.9 Å². The maximum atomic E-state index is 11.7. The van der Waals surface area contributed by atoms with E-state index in [0.717, 1.165) is 25.9 Å². The molecule has 3 N–H and O–H groups in total. The molecule has 110 valence electrons. The van der Waals surface area contributed by atoms with Crippen LogP contribution < -0.4 is 16.0 Å². The molecular formula is C16H25N3O. The van der Waals surface area contributed by atoms with Crippen molar-refractivity contribution in [3.63, 3.8) is 0 Å². The van der Waals surface area contributed by atoms with Crippen molar-refractivity contribution in [3.05, 3.63) is 29.8 Å². The normalized spacial score (nSPS) is 20.6. The Bertz CT molecular complexity index is 488. The third-order valence-electron chi connectivity index (χ3n) is 4.31. The second-order valence-corrected chi connectivity index (χ2v) is 5.85. The van der Waals surface area contributed by atoms with E-state index < -0.39 is 5.54 Å². The molecule has 1 amide bonds. The third kappa shape index (κ3) is 2.80. The van der Waals surface area contributed by atoms with Crippen molar-refractivity contribution in [2.75, 3.05) is 18.0 Å². The molecule has 1 aromatic rings. The number of hydrogen-bond acceptors (Lipinski definition) is 3. The summed E-state index contributed by atoms with van der Waals surface area (Å²) in [5.74, 6) is -0.278. The van der Waals surface area contributed by atoms with Crippen LogP contribution in [0.2, 0.25) is 0 Å². The van der Waals surface area contributed by atoms with Crippen LogP contribution in [0.5, 0.6) is 0 Å². The fraction of sp³-hybridized carbons (Fsp3) is 0.562. The molecule has 4 nitrogen and oxygen atoms in total. The Morgan fingerprint density at radius 1 is 1.50 bits per heavy atom. The number of carbonyl (C=O) groups excluding carboxylic acids is 1. The van der Waals surface area contributed by atoms with Gasteiger partial charge in [0.25, 0.3) is 0 Å². The number of anilines is 1. The number of hydrogen-bond donors (Lipinski definition) is 2. The van der Waals surface area contributed by atoms with Gasteiger partial charge in [0.15, 0.2) is 0 Å². The fourth-order valence-corrected chi connectivity index (χ4v) is 3.00. The monoisotopic (exact) mass is 275 g/mol. The van der Waals surface area contributed by atoms with Gasteiger partial charge in [-0.25, -0.2) is 0 Å². The van der Waals surface area contributed by atoms with Crippen LogP contribution in [0.4, 0.5) is 5.69 Å². The quantitative estimate of drug-likeness (QED) is 0.830. The van der Waals surface area contributed by atoms with Crippen LogP contribution in [-0.2, 0) is 11.2 Å². The molecule has 1 aliphatic heterocycles. The number of likely N-dealkylation sites (N-methyl/N-ethyl adjacent to an activating group) is 1. The standard InChI is InChI=1S/C16H25N3O/c1-4-18-16(3,15(17)20)9-10-19-12(2)11-13-7-5-6-8-14(13)19/h5-8,12,18H,4,9-11H2,1-3H3,(H2,17,20). The van der Waals surface area contributed by atoms with E-state index in [1.807, 2.05) is 13.8 Å². The first-order chi connectivity index (χ1) is 9.48. The Hall–Kier alpha value is -1.55. The Morgan fingerprint density at radius 2 is 2.20 bits per heavy atom. The molecule has 4 heteroatoms. The number of fused-ring (bicyclic) bond motifs is 1. The number of carbonyl (C=O) groups is 1. The SMILES string of the molecule is CCNC(C)(CCN1c2ccccc2CC1C)C(N)=O. The highest BCUT2D eigenvalue weighted by atomic mass is 16.1. The van der Waals surface area contributed by atoms with Gasteiger partial charge in [-0.2, -0.15) is 0 Å². The van der Waals surface area contributed by atoms with E-state index in [1.165, 1.54) is 11.3 Å². The fourth-order valence-electron chi connectivity index (χ4n) is 3.00. The first kappa shape index (κ1) is 14.9. The zero-order valence-electron chi connectivity index (χ0n) is 12.6. The van der Waals surface area contributed by atoms with Crippen LogP contribution in [0.1, 0.15) is 32.8 Å². The van der Waals surface area contributed by atoms with Crippen LogP contribution in [0.15, 0.2) is 24.3 Å². The molecule has 1 heterocycles. The van der Waals surface area contributed by atoms with Crippen LogP contribution in [0, 0.1) is 0 Å². The lowest BCUT2D eigenvalue weighted by Crippen LogP contribution is -2.54. The summed E-state index contributed by atoms with van der Waals surface area (Å²) in [4.78, 5) is 14.1. The molecule has 1 aromatic carbocycles. The molecule has 0 bridgehead atoms. The molecule has 0 spiro atoms. The average molecular weight is 275 g/mol. The van der Waals surface area contributed by atoms with E-state index in [0.29, 0.717) is 6.04 Å². The second-order valence-electron chi connectivity index (χ2n) is 5.85. The van der Waals surface area contributed by atoms with E-state index >= 15 is 0 Å². The summed E-state index contributed by atoms with van der Waals surface area (Å²) in [5, 5.41) is 3.22. The van der Waals surface area contributed by atoms with Crippen molar-refractivity contribution in [1.82, 2.24) is 5.32 Å². The van der Waals surface area contributed by atoms with E-state index in [4.69, 9.17) is 5.73 Å². The minimum atomic E-state index is -0.633. The minimum Gasteiger partial charge on any atom is -0.368 e. The number of benzene rings is 1. The van der Waals surface area contributed by atoms with Gasteiger partial charge in [0.1, 0.15) is 0 Å². The zero-order valence-corrected chi connectivity index (χ0v) is 12.6. The molecule has 0 aromatic heterocycles. The average Bonchev–Trinajstić information content (AvgIpc) is 2.72. The number of nitrogens with one attached hydrogen (secondary N) is 1. The Morgan fingerprint density at radius 3 is 2.85 bits per heavy atom. The van der Waals surface area contributed by atoms with Crippen LogP contribution >= 0.6 is 0 Å². The summed E-state index contributed by atoms with van der Waals surface area (Å²) < 4.78 is 0. The summed E-state index contributed by atoms with van der Waals surface area (Å²) in [6.45, 7) is 7.70. The maximum absolute atomic E-state index is 11.7. The van der Waals surface area contributed by atoms with Crippen LogP contribution in [0.3, 0.4) is 0 Å². The minimum absolute atomic E-state index is 0.278. The molecule has 0 aliphatic carbocycles. The molecule has 0 fully saturated rings. The van der Waals surface area contributed by atoms with Crippen molar-refractivity contribution in [1.29, 1.82) is 0 Å². The summed E-state index contributed by atoms with van der Waals surface area (Å²) in [6, 6.07) is 8.98. The Labute approximate surface area is 121 Å². The van der Waals surface area contributed by atoms with Gasteiger partial charge in [-0.3, -0.25) is 4.79 Å². The highest BCUT2D eigenvalue weighted by Crippen LogP contribution is 2.32. The van der Waals surface area contributed by atoms with Gasteiger partial charge in [0.2, 0.25) is 5.91 Å². The van der Waals surface area contributed by atoms with Crippen molar-refractivity contribution in [2.24, 2.45) is 5.73 Å². The molecule has 2 unspecified atom stereocenters. The molecule has 0 saturated carbocycles. The van der Waals surface area contributed by atoms with Crippen molar-refractivity contribution < 1.29 is 4.79 Å². The number of rotatable bonds is 6. The maximum Gasteiger partial charge on any atom is 0.237 e. The topological polar surface area (TPSA) is 58.4 Å². The Balaban J connectivity index is 2.09. The first-order valence-electron chi connectivity index (χ1n) is 7.37. The number of amides is 1. The van der Waals surface area contributed by atoms with Gasteiger partial charge in [0.05, 0.1) is 5.54 Å². The largest absolute Gasteiger partial charge is 0.368 e. The van der Waals surface area contributed by atoms with Gasteiger partial charge < -0.3 is 16.0 Å². The van der Waals surface area contributed by atoms with E-state index in [9.17, 15) is 4.79 Å². The highest BCUT2D eigenvalue weighted by Gasteiger charge is 2.32. The highest BCUT2D eigenvalue weighted by molar-refractivity contribution is 5.84. The predicted molar refractivity (Wildman–Crippen MR) is 82.8 cm³/mol. The molecule has 0 saturated heterocycles. The van der Waals surface area contributed by atoms with Gasteiger partial charge in [-0.1, -0.05) is 25.1 Å². The second kappa shape index (κ2) is 5.83. The van der Waals surface area contributed by atoms with Crippen molar-refractivity contribution >= 4 is 11.6 Å². The lowest BCUT2D eigenvalue weighted by Gasteiger charge is -2.32. The Kier molecular flexibility index (Phi) is 4.33. The smallest absolute Gasteiger partial charge is 0.237 e. The summed E-state index contributed by atoms with van der Waals surface area (Å²) in [7, 11) is 0. The molecular weight excluding hydrogens is 250 g/mol. The summed E-state index contributed by atoms with van der Waals surface area (Å²) in [6.07, 6.45) is 1.79. The van der Waals surface area contributed by atoms with Crippen LogP contribution in [0.25, 0.3) is 0 Å². The predicted octanol–water partition coefficient (Wildman–Crippen LogP) is 1.68. The van der Waals surface area contributed by atoms with Gasteiger partial charge >= 0.3 is 0 Å². The van der Waals surface area contributed by atoms with E-state index in [1.54, 1.807) is 0 Å². The number of para-hydroxylation sites is 1. The molecule has 1 aliphatic rings. The number of nitrogens with two attached hydrogens (primary N) is 1. The van der Waals surface area contributed by atoms with Crippen molar-refractivity contribution in [3.8, 4) is 0 Å². The number of primary amides is 1. The summed E-state index contributed by atoms with van der Waals surface area (Å²) >= 11 is 0. The lowest BCUT2D eigenvalue weighted by molar-refractivity contribution is -0.124. The molecule has 20 heavy (non-hydrogen) atoms. The third-order valence-corrected chi connectivity index (χ3v) is 4.31. The number of nitrogens with zero attached hydrogens (tertiary/aromatic N) is 1. The lowest BCUT2D eigenvalue weighted by atomic mass is 9.96. The van der Waals surface area contributed by atoms with Gasteiger partial charge in [-0.15, -0.1) is 0 Å². The van der Waals surface area contributed by atoms with Crippen molar-refractivity contribution in [2.45, 2.75) is 45.2 Å². The van der Waals surface area contributed by atoms with Gasteiger partial charge in [0, 0.05) is 18.3 Å².